The fourth-order valence-electron chi connectivity index (χ4n) is 1.52. The monoisotopic (exact) mass is 314 g/mol. The molecule has 0 aliphatic carbocycles. The highest BCUT2D eigenvalue weighted by atomic mass is 79.9. The zero-order valence-corrected chi connectivity index (χ0v) is 11.7. The number of halogens is 2. The van der Waals surface area contributed by atoms with Crippen LogP contribution in [0.2, 0.25) is 0 Å². The van der Waals surface area contributed by atoms with Crippen LogP contribution in [0.15, 0.2) is 34.1 Å². The minimum atomic E-state index is -0.373. The summed E-state index contributed by atoms with van der Waals surface area (Å²) >= 11 is 5.09. The van der Waals surface area contributed by atoms with Gasteiger partial charge in [-0.25, -0.2) is 4.39 Å². The summed E-state index contributed by atoms with van der Waals surface area (Å²) in [4.78, 5) is 3.21. The Labute approximate surface area is 112 Å². The molecule has 0 aliphatic heterocycles. The fourth-order valence-corrected chi connectivity index (χ4v) is 3.02. The second kappa shape index (κ2) is 5.06. The van der Waals surface area contributed by atoms with Crippen LogP contribution in [0.25, 0.3) is 0 Å². The molecule has 5 heteroatoms. The SMILES string of the molecule is CN(Cc1cc(Br)cs1)c1ccc(N)c(F)c1. The Morgan fingerprint density at radius 2 is 2.18 bits per heavy atom. The third-order valence-electron chi connectivity index (χ3n) is 2.44. The lowest BCUT2D eigenvalue weighted by molar-refractivity contribution is 0.632. The molecule has 2 nitrogen and oxygen atoms in total. The first-order chi connectivity index (χ1) is 8.06. The van der Waals surface area contributed by atoms with E-state index in [1.54, 1.807) is 17.4 Å². The molecule has 0 radical (unpaired) electrons. The van der Waals surface area contributed by atoms with Crippen LogP contribution in [0.4, 0.5) is 15.8 Å². The smallest absolute Gasteiger partial charge is 0.148 e. The predicted octanol–water partition coefficient (Wildman–Crippen LogP) is 3.87. The Balaban J connectivity index is 2.14. The lowest BCUT2D eigenvalue weighted by Gasteiger charge is -2.18. The van der Waals surface area contributed by atoms with Crippen molar-refractivity contribution in [3.8, 4) is 0 Å². The van der Waals surface area contributed by atoms with Gasteiger partial charge in [-0.2, -0.15) is 0 Å². The van der Waals surface area contributed by atoms with E-state index in [9.17, 15) is 4.39 Å². The van der Waals surface area contributed by atoms with Gasteiger partial charge in [0, 0.05) is 27.5 Å². The standard InChI is InChI=1S/C12H12BrFN2S/c1-16(6-10-4-8(13)7-17-10)9-2-3-12(15)11(14)5-9/h2-5,7H,6,15H2,1H3. The molecule has 90 valence electrons. The summed E-state index contributed by atoms with van der Waals surface area (Å²) < 4.78 is 14.4. The second-order valence-corrected chi connectivity index (χ2v) is 5.70. The van der Waals surface area contributed by atoms with E-state index in [1.165, 1.54) is 10.9 Å². The lowest BCUT2D eigenvalue weighted by Crippen LogP contribution is -2.15. The van der Waals surface area contributed by atoms with E-state index < -0.39 is 0 Å². The highest BCUT2D eigenvalue weighted by molar-refractivity contribution is 9.10. The summed E-state index contributed by atoms with van der Waals surface area (Å²) in [6, 6.07) is 6.93. The van der Waals surface area contributed by atoms with E-state index in [1.807, 2.05) is 23.4 Å². The average Bonchev–Trinajstić information content (AvgIpc) is 2.68. The molecular formula is C12H12BrFN2S. The Bertz CT molecular complexity index is 527. The zero-order chi connectivity index (χ0) is 12.4. The van der Waals surface area contributed by atoms with Crippen LogP contribution in [0, 0.1) is 5.82 Å². The van der Waals surface area contributed by atoms with Crippen LogP contribution in [-0.2, 0) is 6.54 Å². The van der Waals surface area contributed by atoms with Gasteiger partial charge in [-0.15, -0.1) is 11.3 Å². The zero-order valence-electron chi connectivity index (χ0n) is 9.28. The van der Waals surface area contributed by atoms with Crippen molar-refractivity contribution in [2.45, 2.75) is 6.54 Å². The van der Waals surface area contributed by atoms with Gasteiger partial charge in [0.2, 0.25) is 0 Å². The Kier molecular flexibility index (Phi) is 3.69. The lowest BCUT2D eigenvalue weighted by atomic mass is 10.2. The van der Waals surface area contributed by atoms with Crippen molar-refractivity contribution in [3.05, 3.63) is 44.8 Å². The van der Waals surface area contributed by atoms with E-state index in [2.05, 4.69) is 22.0 Å². The molecule has 1 heterocycles. The van der Waals surface area contributed by atoms with Crippen molar-refractivity contribution in [2.75, 3.05) is 17.7 Å². The van der Waals surface area contributed by atoms with E-state index in [4.69, 9.17) is 5.73 Å². The number of nitrogens with zero attached hydrogens (tertiary/aromatic N) is 1. The van der Waals surface area contributed by atoms with Crippen molar-refractivity contribution in [1.29, 1.82) is 0 Å². The summed E-state index contributed by atoms with van der Waals surface area (Å²) in [6.45, 7) is 0.750. The van der Waals surface area contributed by atoms with Crippen molar-refractivity contribution in [1.82, 2.24) is 0 Å². The van der Waals surface area contributed by atoms with Crippen LogP contribution < -0.4 is 10.6 Å². The summed E-state index contributed by atoms with van der Waals surface area (Å²) in [5.41, 5.74) is 6.45. The van der Waals surface area contributed by atoms with Gasteiger partial charge in [0.1, 0.15) is 5.82 Å². The maximum atomic E-state index is 13.3. The molecule has 0 saturated carbocycles. The van der Waals surface area contributed by atoms with Crippen molar-refractivity contribution in [2.24, 2.45) is 0 Å². The molecule has 0 aliphatic rings. The van der Waals surface area contributed by atoms with Gasteiger partial charge in [-0.05, 0) is 40.2 Å². The molecule has 0 atom stereocenters. The molecule has 0 spiro atoms. The molecule has 0 saturated heterocycles. The summed E-state index contributed by atoms with van der Waals surface area (Å²) in [6.07, 6.45) is 0. The van der Waals surface area contributed by atoms with Crippen LogP contribution in [0.1, 0.15) is 4.88 Å². The Hall–Kier alpha value is -1.07. The average molecular weight is 315 g/mol. The number of benzene rings is 1. The number of anilines is 2. The number of hydrogen-bond donors (Lipinski definition) is 1. The van der Waals surface area contributed by atoms with Gasteiger partial charge >= 0.3 is 0 Å². The molecule has 2 N–H and O–H groups in total. The van der Waals surface area contributed by atoms with Crippen molar-refractivity contribution < 1.29 is 4.39 Å². The molecule has 1 aromatic heterocycles. The minimum Gasteiger partial charge on any atom is -0.396 e. The third-order valence-corrected chi connectivity index (χ3v) is 4.12. The van der Waals surface area contributed by atoms with Crippen LogP contribution in [-0.4, -0.2) is 7.05 Å². The first-order valence-corrected chi connectivity index (χ1v) is 6.72. The van der Waals surface area contributed by atoms with E-state index in [0.717, 1.165) is 16.7 Å². The van der Waals surface area contributed by atoms with Crippen LogP contribution in [0.5, 0.6) is 0 Å². The topological polar surface area (TPSA) is 29.3 Å². The number of nitrogens with two attached hydrogens (primary N) is 1. The molecule has 17 heavy (non-hydrogen) atoms. The molecule has 2 aromatic rings. The third kappa shape index (κ3) is 2.98. The van der Waals surface area contributed by atoms with E-state index >= 15 is 0 Å². The summed E-state index contributed by atoms with van der Waals surface area (Å²) in [5, 5.41) is 2.03. The number of hydrogen-bond acceptors (Lipinski definition) is 3. The van der Waals surface area contributed by atoms with Crippen molar-refractivity contribution >= 4 is 38.6 Å². The van der Waals surface area contributed by atoms with Crippen molar-refractivity contribution in [3.63, 3.8) is 0 Å². The maximum Gasteiger partial charge on any atom is 0.148 e. The molecule has 0 amide bonds. The first kappa shape index (κ1) is 12.4. The summed E-state index contributed by atoms with van der Waals surface area (Å²) in [5.74, 6) is -0.373. The molecule has 0 fully saturated rings. The van der Waals surface area contributed by atoms with E-state index in [-0.39, 0.29) is 11.5 Å². The van der Waals surface area contributed by atoms with Gasteiger partial charge in [0.05, 0.1) is 12.2 Å². The Morgan fingerprint density at radius 1 is 1.41 bits per heavy atom. The number of nitrogen functional groups attached to an aromatic ring is 1. The molecule has 0 unspecified atom stereocenters. The predicted molar refractivity (Wildman–Crippen MR) is 74.9 cm³/mol. The fraction of sp³-hybridized carbons (Fsp3) is 0.167. The van der Waals surface area contributed by atoms with E-state index in [0.29, 0.717) is 0 Å². The van der Waals surface area contributed by atoms with Gasteiger partial charge in [-0.1, -0.05) is 0 Å². The van der Waals surface area contributed by atoms with Crippen LogP contribution >= 0.6 is 27.3 Å². The molecular weight excluding hydrogens is 303 g/mol. The highest BCUT2D eigenvalue weighted by Gasteiger charge is 2.06. The van der Waals surface area contributed by atoms with Crippen LogP contribution in [0.3, 0.4) is 0 Å². The summed E-state index contributed by atoms with van der Waals surface area (Å²) in [7, 11) is 1.93. The van der Waals surface area contributed by atoms with Gasteiger partial charge < -0.3 is 10.6 Å². The Morgan fingerprint density at radius 3 is 2.76 bits per heavy atom. The molecule has 0 bridgehead atoms. The second-order valence-electron chi connectivity index (χ2n) is 3.79. The number of thiophene rings is 1. The normalized spacial score (nSPS) is 10.5. The van der Waals surface area contributed by atoms with Gasteiger partial charge in [0.15, 0.2) is 0 Å². The quantitative estimate of drug-likeness (QED) is 0.871. The first-order valence-electron chi connectivity index (χ1n) is 5.05. The maximum absolute atomic E-state index is 13.3. The highest BCUT2D eigenvalue weighted by Crippen LogP contribution is 2.24. The molecule has 1 aromatic carbocycles. The molecule has 2 rings (SSSR count). The van der Waals surface area contributed by atoms with Gasteiger partial charge in [-0.3, -0.25) is 0 Å². The largest absolute Gasteiger partial charge is 0.396 e. The number of rotatable bonds is 3. The van der Waals surface area contributed by atoms with Gasteiger partial charge in [0.25, 0.3) is 0 Å². The minimum absolute atomic E-state index is 0.181.